The number of pyridine rings is 1. The number of aryl methyl sites for hydroxylation is 1. The molecule has 3 N–H and O–H groups in total. The lowest BCUT2D eigenvalue weighted by molar-refractivity contribution is 0.220. The van der Waals surface area contributed by atoms with Gasteiger partial charge in [-0.05, 0) is 37.1 Å². The number of hydrogen-bond acceptors (Lipinski definition) is 5. The second kappa shape index (κ2) is 6.48. The molecule has 1 aromatic carbocycles. The maximum absolute atomic E-state index is 6.23. The minimum atomic E-state index is -0.140. The topological polar surface area (TPSA) is 89.7 Å². The molecule has 0 spiro atoms. The van der Waals surface area contributed by atoms with Gasteiger partial charge in [-0.1, -0.05) is 30.3 Å². The van der Waals surface area contributed by atoms with Crippen molar-refractivity contribution in [1.82, 2.24) is 19.9 Å². The highest BCUT2D eigenvalue weighted by molar-refractivity contribution is 5.97. The van der Waals surface area contributed by atoms with E-state index in [0.717, 1.165) is 27.7 Å². The summed E-state index contributed by atoms with van der Waals surface area (Å²) in [5.41, 5.74) is 9.54. The van der Waals surface area contributed by atoms with Crippen molar-refractivity contribution in [1.29, 1.82) is 0 Å². The van der Waals surface area contributed by atoms with E-state index in [-0.39, 0.29) is 6.10 Å². The summed E-state index contributed by atoms with van der Waals surface area (Å²) in [5, 5.41) is 0.837. The quantitative estimate of drug-likeness (QED) is 0.582. The summed E-state index contributed by atoms with van der Waals surface area (Å²) in [6.07, 6.45) is 3.44. The first-order valence-corrected chi connectivity index (χ1v) is 8.41. The van der Waals surface area contributed by atoms with Crippen molar-refractivity contribution in [3.8, 4) is 17.0 Å². The summed E-state index contributed by atoms with van der Waals surface area (Å²) in [6, 6.07) is 13.8. The second-order valence-electron chi connectivity index (χ2n) is 6.14. The monoisotopic (exact) mass is 345 g/mol. The maximum atomic E-state index is 6.23. The minimum absolute atomic E-state index is 0.140. The van der Waals surface area contributed by atoms with Crippen molar-refractivity contribution in [3.05, 3.63) is 66.2 Å². The van der Waals surface area contributed by atoms with Crippen LogP contribution in [0, 0.1) is 6.92 Å². The molecule has 3 heterocycles. The molecule has 4 rings (SSSR count). The molecule has 0 aliphatic rings. The van der Waals surface area contributed by atoms with Crippen LogP contribution in [0.25, 0.3) is 22.2 Å². The predicted octanol–water partition coefficient (Wildman–Crippen LogP) is 4.05. The molecule has 0 amide bonds. The van der Waals surface area contributed by atoms with Crippen LogP contribution in [-0.2, 0) is 0 Å². The predicted molar refractivity (Wildman–Crippen MR) is 102 cm³/mol. The summed E-state index contributed by atoms with van der Waals surface area (Å²) >= 11 is 0. The molecule has 6 nitrogen and oxygen atoms in total. The van der Waals surface area contributed by atoms with Gasteiger partial charge in [0.2, 0.25) is 5.88 Å². The molecule has 130 valence electrons. The largest absolute Gasteiger partial charge is 0.469 e. The van der Waals surface area contributed by atoms with Gasteiger partial charge in [0.1, 0.15) is 23.4 Å². The van der Waals surface area contributed by atoms with E-state index in [4.69, 9.17) is 10.5 Å². The molecule has 0 radical (unpaired) electrons. The summed E-state index contributed by atoms with van der Waals surface area (Å²) < 4.78 is 6.23. The SMILES string of the molecule is Cc1nc(OC(C)c2ccccc2)c2c(-c3ccnc(N)c3)c[nH]c2n1. The molecular weight excluding hydrogens is 326 g/mol. The number of rotatable bonds is 4. The summed E-state index contributed by atoms with van der Waals surface area (Å²) in [6.45, 7) is 3.86. The Morgan fingerprint density at radius 1 is 1.12 bits per heavy atom. The molecule has 0 bridgehead atoms. The summed E-state index contributed by atoms with van der Waals surface area (Å²) in [5.74, 6) is 1.66. The Hall–Kier alpha value is -3.41. The Bertz CT molecular complexity index is 1060. The number of H-pyrrole nitrogens is 1. The zero-order chi connectivity index (χ0) is 18.1. The van der Waals surface area contributed by atoms with Crippen LogP contribution < -0.4 is 10.5 Å². The van der Waals surface area contributed by atoms with Gasteiger partial charge in [0.05, 0.1) is 5.39 Å². The molecule has 0 aliphatic carbocycles. The van der Waals surface area contributed by atoms with Gasteiger partial charge in [-0.15, -0.1) is 0 Å². The van der Waals surface area contributed by atoms with Gasteiger partial charge >= 0.3 is 0 Å². The molecule has 3 aromatic heterocycles. The molecule has 26 heavy (non-hydrogen) atoms. The number of nitrogens with zero attached hydrogens (tertiary/aromatic N) is 3. The van der Waals surface area contributed by atoms with Gasteiger partial charge in [-0.3, -0.25) is 0 Å². The first kappa shape index (κ1) is 16.1. The molecule has 0 saturated carbocycles. The van der Waals surface area contributed by atoms with Crippen molar-refractivity contribution >= 4 is 16.9 Å². The lowest BCUT2D eigenvalue weighted by atomic mass is 10.1. The molecule has 4 aromatic rings. The van der Waals surface area contributed by atoms with E-state index < -0.39 is 0 Å². The molecule has 0 aliphatic heterocycles. The number of hydrogen-bond donors (Lipinski definition) is 2. The third kappa shape index (κ3) is 2.97. The van der Waals surface area contributed by atoms with E-state index in [1.54, 1.807) is 6.20 Å². The Kier molecular flexibility index (Phi) is 4.01. The molecule has 1 atom stereocenters. The Morgan fingerprint density at radius 3 is 2.69 bits per heavy atom. The summed E-state index contributed by atoms with van der Waals surface area (Å²) in [7, 11) is 0. The highest BCUT2D eigenvalue weighted by atomic mass is 16.5. The number of nitrogens with two attached hydrogens (primary N) is 1. The fourth-order valence-corrected chi connectivity index (χ4v) is 3.00. The van der Waals surface area contributed by atoms with Crippen LogP contribution in [0.2, 0.25) is 0 Å². The normalized spacial score (nSPS) is 12.2. The van der Waals surface area contributed by atoms with Crippen LogP contribution in [0.1, 0.15) is 24.4 Å². The van der Waals surface area contributed by atoms with Crippen LogP contribution >= 0.6 is 0 Å². The minimum Gasteiger partial charge on any atom is -0.469 e. The maximum Gasteiger partial charge on any atom is 0.227 e. The van der Waals surface area contributed by atoms with Crippen LogP contribution in [-0.4, -0.2) is 19.9 Å². The van der Waals surface area contributed by atoms with Crippen molar-refractivity contribution in [2.75, 3.05) is 5.73 Å². The van der Waals surface area contributed by atoms with Gasteiger partial charge < -0.3 is 15.5 Å². The van der Waals surface area contributed by atoms with E-state index in [0.29, 0.717) is 17.5 Å². The van der Waals surface area contributed by atoms with Crippen LogP contribution in [0.15, 0.2) is 54.9 Å². The number of nitrogens with one attached hydrogen (secondary N) is 1. The number of fused-ring (bicyclic) bond motifs is 1. The van der Waals surface area contributed by atoms with Gasteiger partial charge in [0.25, 0.3) is 0 Å². The average molecular weight is 345 g/mol. The van der Waals surface area contributed by atoms with E-state index in [2.05, 4.69) is 19.9 Å². The van der Waals surface area contributed by atoms with Gasteiger partial charge in [-0.2, -0.15) is 4.98 Å². The fraction of sp³-hybridized carbons (Fsp3) is 0.150. The highest BCUT2D eigenvalue weighted by Crippen LogP contribution is 2.35. The van der Waals surface area contributed by atoms with Crippen LogP contribution in [0.3, 0.4) is 0 Å². The highest BCUT2D eigenvalue weighted by Gasteiger charge is 2.18. The number of anilines is 1. The first-order valence-electron chi connectivity index (χ1n) is 8.41. The Morgan fingerprint density at radius 2 is 1.92 bits per heavy atom. The Balaban J connectivity index is 1.82. The molecule has 0 fully saturated rings. The number of aromatic nitrogens is 4. The van der Waals surface area contributed by atoms with Crippen molar-refractivity contribution < 1.29 is 4.74 Å². The third-order valence-electron chi connectivity index (χ3n) is 4.26. The van der Waals surface area contributed by atoms with Gasteiger partial charge in [-0.25, -0.2) is 9.97 Å². The van der Waals surface area contributed by atoms with Crippen molar-refractivity contribution in [2.24, 2.45) is 0 Å². The average Bonchev–Trinajstić information content (AvgIpc) is 3.06. The first-order chi connectivity index (χ1) is 12.6. The van der Waals surface area contributed by atoms with E-state index in [1.807, 2.05) is 62.5 Å². The molecular formula is C20H19N5O. The third-order valence-corrected chi connectivity index (χ3v) is 4.26. The van der Waals surface area contributed by atoms with Crippen molar-refractivity contribution in [2.45, 2.75) is 20.0 Å². The standard InChI is InChI=1S/C20H19N5O/c1-12(14-6-4-3-5-7-14)26-20-18-16(15-8-9-22-17(21)10-15)11-23-19(18)24-13(2)25-20/h3-12H,1-2H3,(H2,21,22)(H,23,24,25). The second-order valence-corrected chi connectivity index (χ2v) is 6.14. The smallest absolute Gasteiger partial charge is 0.227 e. The number of ether oxygens (including phenoxy) is 1. The zero-order valence-electron chi connectivity index (χ0n) is 14.6. The fourth-order valence-electron chi connectivity index (χ4n) is 3.00. The van der Waals surface area contributed by atoms with E-state index in [1.165, 1.54) is 0 Å². The summed E-state index contributed by atoms with van der Waals surface area (Å²) in [4.78, 5) is 16.3. The van der Waals surface area contributed by atoms with Crippen LogP contribution in [0.5, 0.6) is 5.88 Å². The van der Waals surface area contributed by atoms with Crippen molar-refractivity contribution in [3.63, 3.8) is 0 Å². The number of aromatic amines is 1. The van der Waals surface area contributed by atoms with Crippen LogP contribution in [0.4, 0.5) is 5.82 Å². The molecule has 1 unspecified atom stereocenters. The van der Waals surface area contributed by atoms with E-state index in [9.17, 15) is 0 Å². The Labute approximate surface area is 151 Å². The molecule has 6 heteroatoms. The van der Waals surface area contributed by atoms with Gasteiger partial charge in [0.15, 0.2) is 0 Å². The molecule has 0 saturated heterocycles. The number of nitrogen functional groups attached to an aromatic ring is 1. The van der Waals surface area contributed by atoms with Gasteiger partial charge in [0, 0.05) is 18.0 Å². The lowest BCUT2D eigenvalue weighted by Gasteiger charge is -2.16. The van der Waals surface area contributed by atoms with E-state index >= 15 is 0 Å². The zero-order valence-corrected chi connectivity index (χ0v) is 14.6. The lowest BCUT2D eigenvalue weighted by Crippen LogP contribution is -2.06. The number of benzene rings is 1.